The third-order valence-corrected chi connectivity index (χ3v) is 2.38. The Morgan fingerprint density at radius 3 is 2.12 bits per heavy atom. The molecule has 0 N–H and O–H groups in total. The van der Waals surface area contributed by atoms with Crippen LogP contribution in [-0.4, -0.2) is 9.97 Å². The quantitative estimate of drug-likeness (QED) is 0.768. The van der Waals surface area contributed by atoms with Crippen LogP contribution in [0.4, 0.5) is 0 Å². The summed E-state index contributed by atoms with van der Waals surface area (Å²) in [6, 6.07) is 12.8. The minimum atomic E-state index is -0.0582. The van der Waals surface area contributed by atoms with Gasteiger partial charge < -0.3 is 0 Å². The van der Waals surface area contributed by atoms with Gasteiger partial charge in [0.15, 0.2) is 16.5 Å². The normalized spacial score (nSPS) is 9.35. The Labute approximate surface area is 103 Å². The first-order chi connectivity index (χ1) is 8.26. The maximum Gasteiger partial charge on any atom is 0.178 e. The van der Waals surface area contributed by atoms with Crippen LogP contribution in [0.5, 0.6) is 0 Å². The van der Waals surface area contributed by atoms with Crippen LogP contribution in [0.25, 0.3) is 11.3 Å². The van der Waals surface area contributed by atoms with Crippen LogP contribution < -0.4 is 0 Å². The molecule has 4 nitrogen and oxygen atoms in total. The number of benzene rings is 1. The van der Waals surface area contributed by atoms with Gasteiger partial charge in [-0.25, -0.2) is 9.97 Å². The first-order valence-electron chi connectivity index (χ1n) is 4.69. The van der Waals surface area contributed by atoms with Gasteiger partial charge >= 0.3 is 0 Å². The lowest BCUT2D eigenvalue weighted by Gasteiger charge is -2.03. The Morgan fingerprint density at radius 2 is 1.53 bits per heavy atom. The molecule has 80 valence electrons. The van der Waals surface area contributed by atoms with Crippen molar-refractivity contribution in [1.29, 1.82) is 10.5 Å². The molecule has 5 heteroatoms. The fraction of sp³-hybridized carbons (Fsp3) is 0. The van der Waals surface area contributed by atoms with Gasteiger partial charge in [0.25, 0.3) is 0 Å². The molecule has 0 atom stereocenters. The molecule has 2 rings (SSSR count). The lowest BCUT2D eigenvalue weighted by Crippen LogP contribution is -1.98. The van der Waals surface area contributed by atoms with E-state index in [1.54, 1.807) is 6.07 Å². The highest BCUT2D eigenvalue weighted by atomic mass is 35.5. The summed E-state index contributed by atoms with van der Waals surface area (Å²) >= 11 is 5.94. The van der Waals surface area contributed by atoms with Gasteiger partial charge in [-0.05, 0) is 0 Å². The van der Waals surface area contributed by atoms with Gasteiger partial charge in [-0.1, -0.05) is 41.9 Å². The molecule has 0 aliphatic carbocycles. The van der Waals surface area contributed by atoms with Gasteiger partial charge in [0.1, 0.15) is 17.8 Å². The van der Waals surface area contributed by atoms with Crippen LogP contribution in [0.1, 0.15) is 11.4 Å². The number of hydrogen-bond donors (Lipinski definition) is 0. The lowest BCUT2D eigenvalue weighted by atomic mass is 10.1. The Morgan fingerprint density at radius 1 is 0.941 bits per heavy atom. The molecule has 17 heavy (non-hydrogen) atoms. The van der Waals surface area contributed by atoms with Crippen molar-refractivity contribution in [3.05, 3.63) is 46.9 Å². The maximum absolute atomic E-state index is 8.87. The first-order valence-corrected chi connectivity index (χ1v) is 5.07. The molecule has 0 amide bonds. The summed E-state index contributed by atoms with van der Waals surface area (Å²) in [7, 11) is 0. The largest absolute Gasteiger partial charge is 0.231 e. The zero-order valence-corrected chi connectivity index (χ0v) is 9.31. The molecular weight excluding hydrogens is 236 g/mol. The molecule has 0 saturated carbocycles. The van der Waals surface area contributed by atoms with Crippen LogP contribution in [0.3, 0.4) is 0 Å². The molecular formula is C12H5ClN4. The molecule has 0 bridgehead atoms. The number of nitriles is 2. The van der Waals surface area contributed by atoms with Gasteiger partial charge in [-0.3, -0.25) is 0 Å². The summed E-state index contributed by atoms with van der Waals surface area (Å²) in [6.07, 6.45) is 0. The van der Waals surface area contributed by atoms with Crippen LogP contribution in [0, 0.1) is 22.7 Å². The van der Waals surface area contributed by atoms with E-state index >= 15 is 0 Å². The van der Waals surface area contributed by atoms with Crippen LogP contribution in [0.2, 0.25) is 5.15 Å². The van der Waals surface area contributed by atoms with E-state index < -0.39 is 0 Å². The van der Waals surface area contributed by atoms with Crippen molar-refractivity contribution in [2.24, 2.45) is 0 Å². The molecule has 1 heterocycles. The van der Waals surface area contributed by atoms with Gasteiger partial charge in [0.05, 0.1) is 0 Å². The molecule has 0 fully saturated rings. The molecule has 0 aliphatic heterocycles. The second-order valence-electron chi connectivity index (χ2n) is 3.15. The highest BCUT2D eigenvalue weighted by Crippen LogP contribution is 2.24. The SMILES string of the molecule is N#Cc1nc(Cl)c(-c2ccccc2)nc1C#N. The summed E-state index contributed by atoms with van der Waals surface area (Å²) in [6.45, 7) is 0. The smallest absolute Gasteiger partial charge is 0.178 e. The van der Waals surface area contributed by atoms with Crippen molar-refractivity contribution in [1.82, 2.24) is 9.97 Å². The van der Waals surface area contributed by atoms with Crippen molar-refractivity contribution in [3.8, 4) is 23.4 Å². The standard InChI is InChI=1S/C12H5ClN4/c13-12-11(8-4-2-1-3-5-8)16-9(6-14)10(7-15)17-12/h1-5H. The summed E-state index contributed by atoms with van der Waals surface area (Å²) < 4.78 is 0. The third kappa shape index (κ3) is 2.08. The predicted octanol–water partition coefficient (Wildman–Crippen LogP) is 2.54. The molecule has 1 aromatic heterocycles. The minimum absolute atomic E-state index is 0.0178. The zero-order chi connectivity index (χ0) is 12.3. The monoisotopic (exact) mass is 240 g/mol. The summed E-state index contributed by atoms with van der Waals surface area (Å²) in [4.78, 5) is 7.91. The van der Waals surface area contributed by atoms with E-state index in [-0.39, 0.29) is 16.5 Å². The average Bonchev–Trinajstić information content (AvgIpc) is 2.39. The minimum Gasteiger partial charge on any atom is -0.231 e. The van der Waals surface area contributed by atoms with Crippen LogP contribution in [-0.2, 0) is 0 Å². The van der Waals surface area contributed by atoms with Crippen LogP contribution in [0.15, 0.2) is 30.3 Å². The van der Waals surface area contributed by atoms with E-state index in [0.717, 1.165) is 5.56 Å². The number of halogens is 1. The third-order valence-electron chi connectivity index (χ3n) is 2.11. The molecule has 0 unspecified atom stereocenters. The van der Waals surface area contributed by atoms with Crippen molar-refractivity contribution in [3.63, 3.8) is 0 Å². The Bertz CT molecular complexity index is 638. The molecule has 2 aromatic rings. The molecule has 0 radical (unpaired) electrons. The summed E-state index contributed by atoms with van der Waals surface area (Å²) in [5.74, 6) is 0. The fourth-order valence-corrected chi connectivity index (χ4v) is 1.59. The molecule has 0 spiro atoms. The number of hydrogen-bond acceptors (Lipinski definition) is 4. The predicted molar refractivity (Wildman–Crippen MR) is 61.9 cm³/mol. The van der Waals surface area contributed by atoms with Gasteiger partial charge in [-0.15, -0.1) is 0 Å². The number of aromatic nitrogens is 2. The topological polar surface area (TPSA) is 73.4 Å². The maximum atomic E-state index is 8.87. The molecule has 1 aromatic carbocycles. The second kappa shape index (κ2) is 4.61. The highest BCUT2D eigenvalue weighted by molar-refractivity contribution is 6.31. The fourth-order valence-electron chi connectivity index (χ4n) is 1.35. The second-order valence-corrected chi connectivity index (χ2v) is 3.51. The van der Waals surface area contributed by atoms with Crippen molar-refractivity contribution in [2.45, 2.75) is 0 Å². The first kappa shape index (κ1) is 11.1. The summed E-state index contributed by atoms with van der Waals surface area (Å²) in [5.41, 5.74) is 1.08. The van der Waals surface area contributed by atoms with Crippen molar-refractivity contribution >= 4 is 11.6 Å². The molecule has 0 aliphatic rings. The number of nitrogens with zero attached hydrogens (tertiary/aromatic N) is 4. The Balaban J connectivity index is 2.66. The van der Waals surface area contributed by atoms with Gasteiger partial charge in [0, 0.05) is 5.56 Å². The average molecular weight is 241 g/mol. The zero-order valence-electron chi connectivity index (χ0n) is 8.55. The Kier molecular flexibility index (Phi) is 3.00. The van der Waals surface area contributed by atoms with E-state index in [1.165, 1.54) is 0 Å². The van der Waals surface area contributed by atoms with E-state index in [2.05, 4.69) is 9.97 Å². The van der Waals surface area contributed by atoms with Gasteiger partial charge in [-0.2, -0.15) is 10.5 Å². The number of rotatable bonds is 1. The van der Waals surface area contributed by atoms with Crippen molar-refractivity contribution in [2.75, 3.05) is 0 Å². The van der Waals surface area contributed by atoms with E-state index in [0.29, 0.717) is 5.69 Å². The lowest BCUT2D eigenvalue weighted by molar-refractivity contribution is 1.13. The van der Waals surface area contributed by atoms with E-state index in [9.17, 15) is 0 Å². The van der Waals surface area contributed by atoms with Gasteiger partial charge in [0.2, 0.25) is 0 Å². The highest BCUT2D eigenvalue weighted by Gasteiger charge is 2.13. The Hall–Kier alpha value is -2.43. The summed E-state index contributed by atoms with van der Waals surface area (Å²) in [5, 5.41) is 17.8. The van der Waals surface area contributed by atoms with Crippen LogP contribution >= 0.6 is 11.6 Å². The van der Waals surface area contributed by atoms with E-state index in [4.69, 9.17) is 22.1 Å². The van der Waals surface area contributed by atoms with Crippen molar-refractivity contribution < 1.29 is 0 Å². The molecule has 0 saturated heterocycles. The van der Waals surface area contributed by atoms with E-state index in [1.807, 2.05) is 36.4 Å².